The van der Waals surface area contributed by atoms with E-state index in [2.05, 4.69) is 5.32 Å². The normalized spacial score (nSPS) is 20.8. The van der Waals surface area contributed by atoms with E-state index in [0.717, 1.165) is 12.2 Å². The molecular weight excluding hydrogens is 397 g/mol. The number of rotatable bonds is 3. The van der Waals surface area contributed by atoms with E-state index in [0.29, 0.717) is 6.54 Å². The Morgan fingerprint density at radius 1 is 1.34 bits per heavy atom. The molecule has 2 N–H and O–H groups in total. The largest absolute Gasteiger partial charge is 0.503 e. The molecule has 2 aromatic rings. The first-order chi connectivity index (χ1) is 13.9. The lowest BCUT2D eigenvalue weighted by atomic mass is 10.1. The van der Waals surface area contributed by atoms with E-state index in [1.807, 2.05) is 6.92 Å². The zero-order chi connectivity index (χ0) is 20.7. The highest BCUT2D eigenvalue weighted by atomic mass is 32.2. The molecule has 9 heteroatoms. The van der Waals surface area contributed by atoms with Crippen LogP contribution in [0.25, 0.3) is 0 Å². The van der Waals surface area contributed by atoms with Crippen molar-refractivity contribution in [3.05, 3.63) is 63.3 Å². The molecule has 1 aromatic heterocycles. The molecule has 0 bridgehead atoms. The van der Waals surface area contributed by atoms with Gasteiger partial charge in [-0.05, 0) is 25.2 Å². The van der Waals surface area contributed by atoms with Crippen LogP contribution < -0.4 is 10.7 Å². The van der Waals surface area contributed by atoms with E-state index >= 15 is 0 Å². The molecule has 29 heavy (non-hydrogen) atoms. The highest BCUT2D eigenvalue weighted by Gasteiger charge is 2.40. The molecule has 2 aliphatic rings. The molecule has 3 heterocycles. The molecule has 2 aliphatic heterocycles. The van der Waals surface area contributed by atoms with Crippen molar-refractivity contribution in [1.29, 1.82) is 0 Å². The van der Waals surface area contributed by atoms with Crippen molar-refractivity contribution < 1.29 is 19.1 Å². The molecule has 2 atom stereocenters. The molecule has 0 spiro atoms. The monoisotopic (exact) mass is 417 g/mol. The number of nitrogens with zero attached hydrogens (tertiary/aromatic N) is 2. The van der Waals surface area contributed by atoms with Gasteiger partial charge in [0.2, 0.25) is 5.43 Å². The van der Waals surface area contributed by atoms with Crippen LogP contribution in [0.4, 0.5) is 4.39 Å². The Morgan fingerprint density at radius 3 is 2.86 bits per heavy atom. The Kier molecular flexibility index (Phi) is 5.08. The fraction of sp³-hybridized carbons (Fsp3) is 0.350. The lowest BCUT2D eigenvalue weighted by Gasteiger charge is -2.44. The molecule has 2 amide bonds. The van der Waals surface area contributed by atoms with E-state index in [1.54, 1.807) is 28.8 Å². The van der Waals surface area contributed by atoms with Gasteiger partial charge in [0.1, 0.15) is 11.4 Å². The summed E-state index contributed by atoms with van der Waals surface area (Å²) in [7, 11) is 0. The molecule has 0 radical (unpaired) electrons. The molecule has 1 fully saturated rings. The SMILES string of the molecule is C[C@@H]1CCSC2Cn3cc(C(=O)NCc4ccccc4F)c(=O)c(O)c3C(=O)N21. The summed E-state index contributed by atoms with van der Waals surface area (Å²) in [5.41, 5.74) is -1.00. The Bertz CT molecular complexity index is 1050. The summed E-state index contributed by atoms with van der Waals surface area (Å²) in [6, 6.07) is 6.01. The Labute approximate surface area is 170 Å². The number of fused-ring (bicyclic) bond motifs is 2. The van der Waals surface area contributed by atoms with E-state index in [-0.39, 0.29) is 34.8 Å². The number of nitrogens with one attached hydrogen (secondary N) is 1. The Hall–Kier alpha value is -2.81. The van der Waals surface area contributed by atoms with Crippen LogP contribution in [0.1, 0.15) is 39.8 Å². The number of aromatic nitrogens is 1. The van der Waals surface area contributed by atoms with Crippen LogP contribution in [0.5, 0.6) is 5.75 Å². The molecule has 1 unspecified atom stereocenters. The second-order valence-electron chi connectivity index (χ2n) is 7.17. The summed E-state index contributed by atoms with van der Waals surface area (Å²) in [6.45, 7) is 2.22. The average molecular weight is 417 g/mol. The topological polar surface area (TPSA) is 91.6 Å². The first kappa shape index (κ1) is 19.5. The number of benzene rings is 1. The van der Waals surface area contributed by atoms with Gasteiger partial charge in [-0.2, -0.15) is 0 Å². The standard InChI is InChI=1S/C20H20FN3O4S/c1-11-6-7-29-15-10-23-9-13(17(25)18(26)16(23)20(28)24(11)15)19(27)22-8-12-4-2-3-5-14(12)21/h2-5,9,11,15,26H,6-8,10H2,1H3,(H,22,27)/t11-,15?/m1/s1. The van der Waals surface area contributed by atoms with Crippen molar-refractivity contribution in [3.63, 3.8) is 0 Å². The minimum Gasteiger partial charge on any atom is -0.503 e. The van der Waals surface area contributed by atoms with Crippen LogP contribution in [-0.4, -0.2) is 43.6 Å². The molecule has 4 rings (SSSR count). The third-order valence-corrected chi connectivity index (χ3v) is 6.55. The molecule has 1 saturated heterocycles. The smallest absolute Gasteiger partial charge is 0.275 e. The van der Waals surface area contributed by atoms with Crippen LogP contribution in [0.15, 0.2) is 35.3 Å². The summed E-state index contributed by atoms with van der Waals surface area (Å²) < 4.78 is 15.2. The van der Waals surface area contributed by atoms with Gasteiger partial charge in [0.25, 0.3) is 11.8 Å². The number of halogens is 1. The van der Waals surface area contributed by atoms with Gasteiger partial charge in [0.15, 0.2) is 11.4 Å². The van der Waals surface area contributed by atoms with Crippen molar-refractivity contribution in [2.75, 3.05) is 5.75 Å². The first-order valence-electron chi connectivity index (χ1n) is 9.30. The number of aromatic hydroxyl groups is 1. The summed E-state index contributed by atoms with van der Waals surface area (Å²) >= 11 is 1.63. The number of pyridine rings is 1. The average Bonchev–Trinajstić information content (AvgIpc) is 2.69. The molecular formula is C20H20FN3O4S. The molecule has 0 aliphatic carbocycles. The van der Waals surface area contributed by atoms with Crippen LogP contribution in [0, 0.1) is 5.82 Å². The second-order valence-corrected chi connectivity index (χ2v) is 8.46. The molecule has 7 nitrogen and oxygen atoms in total. The van der Waals surface area contributed by atoms with Gasteiger partial charge >= 0.3 is 0 Å². The Morgan fingerprint density at radius 2 is 2.10 bits per heavy atom. The van der Waals surface area contributed by atoms with Crippen LogP contribution >= 0.6 is 11.8 Å². The third-order valence-electron chi connectivity index (χ3n) is 5.32. The maximum Gasteiger partial charge on any atom is 0.275 e. The number of carbonyl (C=O) groups is 2. The van der Waals surface area contributed by atoms with Gasteiger partial charge in [0.05, 0.1) is 11.9 Å². The zero-order valence-electron chi connectivity index (χ0n) is 15.7. The lowest BCUT2D eigenvalue weighted by Crippen LogP contribution is -2.54. The summed E-state index contributed by atoms with van der Waals surface area (Å²) in [6.07, 6.45) is 2.15. The number of carbonyl (C=O) groups excluding carboxylic acids is 2. The van der Waals surface area contributed by atoms with Crippen molar-refractivity contribution in [3.8, 4) is 5.75 Å². The summed E-state index contributed by atoms with van der Waals surface area (Å²) in [5.74, 6) is -1.42. The predicted molar refractivity (Wildman–Crippen MR) is 106 cm³/mol. The van der Waals surface area contributed by atoms with Crippen molar-refractivity contribution in [2.45, 2.75) is 37.8 Å². The van der Waals surface area contributed by atoms with Gasteiger partial charge in [-0.1, -0.05) is 18.2 Å². The van der Waals surface area contributed by atoms with Crippen molar-refractivity contribution >= 4 is 23.6 Å². The van der Waals surface area contributed by atoms with Crippen LogP contribution in [0.3, 0.4) is 0 Å². The minimum atomic E-state index is -0.911. The lowest BCUT2D eigenvalue weighted by molar-refractivity contribution is 0.0573. The third kappa shape index (κ3) is 3.39. The van der Waals surface area contributed by atoms with Crippen molar-refractivity contribution in [1.82, 2.24) is 14.8 Å². The van der Waals surface area contributed by atoms with Crippen LogP contribution in [0.2, 0.25) is 0 Å². The van der Waals surface area contributed by atoms with E-state index in [9.17, 15) is 23.9 Å². The predicted octanol–water partition coefficient (Wildman–Crippen LogP) is 1.93. The van der Waals surface area contributed by atoms with Gasteiger partial charge in [-0.15, -0.1) is 11.8 Å². The van der Waals surface area contributed by atoms with Gasteiger partial charge in [0, 0.05) is 24.3 Å². The zero-order valence-corrected chi connectivity index (χ0v) is 16.5. The van der Waals surface area contributed by atoms with E-state index in [4.69, 9.17) is 0 Å². The minimum absolute atomic E-state index is 0.0146. The van der Waals surface area contributed by atoms with E-state index in [1.165, 1.54) is 22.9 Å². The highest BCUT2D eigenvalue weighted by Crippen LogP contribution is 2.35. The number of hydrogen-bond acceptors (Lipinski definition) is 5. The fourth-order valence-electron chi connectivity index (χ4n) is 3.73. The van der Waals surface area contributed by atoms with Gasteiger partial charge in [-0.3, -0.25) is 14.4 Å². The maximum absolute atomic E-state index is 13.7. The van der Waals surface area contributed by atoms with Crippen molar-refractivity contribution in [2.24, 2.45) is 0 Å². The number of hydrogen-bond donors (Lipinski definition) is 2. The highest BCUT2D eigenvalue weighted by molar-refractivity contribution is 7.99. The van der Waals surface area contributed by atoms with E-state index < -0.39 is 28.8 Å². The number of thioether (sulfide) groups is 1. The molecule has 0 saturated carbocycles. The van der Waals surface area contributed by atoms with Gasteiger partial charge < -0.3 is 19.9 Å². The molecule has 152 valence electrons. The quantitative estimate of drug-likeness (QED) is 0.796. The van der Waals surface area contributed by atoms with Gasteiger partial charge in [-0.25, -0.2) is 4.39 Å². The Balaban J connectivity index is 1.64. The first-order valence-corrected chi connectivity index (χ1v) is 10.4. The molecule has 1 aromatic carbocycles. The number of amides is 2. The van der Waals surface area contributed by atoms with Crippen LogP contribution in [-0.2, 0) is 13.1 Å². The second kappa shape index (κ2) is 7.55. The summed E-state index contributed by atoms with van der Waals surface area (Å²) in [5, 5.41) is 12.8. The fourth-order valence-corrected chi connectivity index (χ4v) is 5.21. The summed E-state index contributed by atoms with van der Waals surface area (Å²) in [4.78, 5) is 39.7. The maximum atomic E-state index is 13.7.